The fourth-order valence-corrected chi connectivity index (χ4v) is 1.95. The lowest BCUT2D eigenvalue weighted by molar-refractivity contribution is 0.200. The van der Waals surface area contributed by atoms with Gasteiger partial charge in [0, 0.05) is 19.6 Å². The number of nitrogens with one attached hydrogen (secondary N) is 2. The highest BCUT2D eigenvalue weighted by atomic mass is 16.2. The molecule has 2 amide bonds. The Labute approximate surface area is 92.4 Å². The van der Waals surface area contributed by atoms with E-state index in [1.54, 1.807) is 0 Å². The smallest absolute Gasteiger partial charge is 0.317 e. The van der Waals surface area contributed by atoms with Crippen molar-refractivity contribution in [2.45, 2.75) is 26.7 Å². The monoisotopic (exact) mass is 213 g/mol. The summed E-state index contributed by atoms with van der Waals surface area (Å²) in [7, 11) is 0. The average Bonchev–Trinajstić information content (AvgIpc) is 2.29. The first kappa shape index (κ1) is 12.3. The van der Waals surface area contributed by atoms with Crippen LogP contribution in [0, 0.1) is 5.92 Å². The Bertz CT molecular complexity index is 186. The molecular formula is C11H23N3O. The Morgan fingerprint density at radius 3 is 2.73 bits per heavy atom. The molecule has 1 aliphatic heterocycles. The van der Waals surface area contributed by atoms with E-state index in [1.807, 2.05) is 18.7 Å². The molecule has 0 aromatic rings. The van der Waals surface area contributed by atoms with Crippen molar-refractivity contribution in [2.24, 2.45) is 5.92 Å². The molecular weight excluding hydrogens is 190 g/mol. The SMILES string of the molecule is CCN(CC)C(=O)NCC1CCCNC1. The van der Waals surface area contributed by atoms with Gasteiger partial charge in [-0.15, -0.1) is 0 Å². The number of carbonyl (C=O) groups excluding carboxylic acids is 1. The molecule has 1 fully saturated rings. The third-order valence-corrected chi connectivity index (χ3v) is 2.99. The molecule has 1 aliphatic rings. The van der Waals surface area contributed by atoms with Gasteiger partial charge in [0.05, 0.1) is 0 Å². The number of hydrogen-bond acceptors (Lipinski definition) is 2. The third kappa shape index (κ3) is 4.08. The van der Waals surface area contributed by atoms with Crippen LogP contribution < -0.4 is 10.6 Å². The van der Waals surface area contributed by atoms with Gasteiger partial charge < -0.3 is 15.5 Å². The van der Waals surface area contributed by atoms with Crippen LogP contribution in [0.4, 0.5) is 4.79 Å². The topological polar surface area (TPSA) is 44.4 Å². The van der Waals surface area contributed by atoms with E-state index in [9.17, 15) is 4.79 Å². The van der Waals surface area contributed by atoms with E-state index in [4.69, 9.17) is 0 Å². The molecule has 4 nitrogen and oxygen atoms in total. The summed E-state index contributed by atoms with van der Waals surface area (Å²) in [6.45, 7) is 8.55. The van der Waals surface area contributed by atoms with Crippen LogP contribution in [0.1, 0.15) is 26.7 Å². The van der Waals surface area contributed by atoms with Gasteiger partial charge in [-0.05, 0) is 45.7 Å². The van der Waals surface area contributed by atoms with Crippen LogP contribution in [-0.4, -0.2) is 43.7 Å². The predicted molar refractivity (Wildman–Crippen MR) is 61.9 cm³/mol. The second-order valence-electron chi connectivity index (χ2n) is 4.07. The number of rotatable bonds is 4. The van der Waals surface area contributed by atoms with Crippen LogP contribution in [0.3, 0.4) is 0 Å². The van der Waals surface area contributed by atoms with Gasteiger partial charge in [0.15, 0.2) is 0 Å². The molecule has 88 valence electrons. The lowest BCUT2D eigenvalue weighted by Gasteiger charge is -2.25. The van der Waals surface area contributed by atoms with E-state index in [1.165, 1.54) is 12.8 Å². The van der Waals surface area contributed by atoms with E-state index >= 15 is 0 Å². The molecule has 4 heteroatoms. The van der Waals surface area contributed by atoms with Crippen molar-refractivity contribution in [3.05, 3.63) is 0 Å². The molecule has 0 saturated carbocycles. The number of piperidine rings is 1. The van der Waals surface area contributed by atoms with Crippen molar-refractivity contribution >= 4 is 6.03 Å². The van der Waals surface area contributed by atoms with Gasteiger partial charge >= 0.3 is 6.03 Å². The van der Waals surface area contributed by atoms with E-state index in [0.717, 1.165) is 32.7 Å². The molecule has 2 N–H and O–H groups in total. The first-order chi connectivity index (χ1) is 7.27. The molecule has 1 heterocycles. The van der Waals surface area contributed by atoms with Crippen molar-refractivity contribution < 1.29 is 4.79 Å². The lowest BCUT2D eigenvalue weighted by atomic mass is 10.00. The summed E-state index contributed by atoms with van der Waals surface area (Å²) in [5.41, 5.74) is 0. The highest BCUT2D eigenvalue weighted by Crippen LogP contribution is 2.08. The van der Waals surface area contributed by atoms with Crippen LogP contribution in [0.15, 0.2) is 0 Å². The Balaban J connectivity index is 2.20. The van der Waals surface area contributed by atoms with Crippen LogP contribution in [0.25, 0.3) is 0 Å². The predicted octanol–water partition coefficient (Wildman–Crippen LogP) is 1.04. The van der Waals surface area contributed by atoms with Gasteiger partial charge in [0.2, 0.25) is 0 Å². The van der Waals surface area contributed by atoms with Gasteiger partial charge in [-0.25, -0.2) is 4.79 Å². The fourth-order valence-electron chi connectivity index (χ4n) is 1.95. The summed E-state index contributed by atoms with van der Waals surface area (Å²) in [6, 6.07) is 0.0746. The molecule has 0 bridgehead atoms. The standard InChI is InChI=1S/C11H23N3O/c1-3-14(4-2)11(15)13-9-10-6-5-7-12-8-10/h10,12H,3-9H2,1-2H3,(H,13,15). The number of hydrogen-bond donors (Lipinski definition) is 2. The van der Waals surface area contributed by atoms with Crippen LogP contribution in [0.5, 0.6) is 0 Å². The molecule has 0 aliphatic carbocycles. The van der Waals surface area contributed by atoms with Crippen LogP contribution in [0.2, 0.25) is 0 Å². The maximum atomic E-state index is 11.6. The van der Waals surface area contributed by atoms with Gasteiger partial charge in [-0.2, -0.15) is 0 Å². The van der Waals surface area contributed by atoms with Gasteiger partial charge in [-0.1, -0.05) is 0 Å². The molecule has 1 atom stereocenters. The van der Waals surface area contributed by atoms with Gasteiger partial charge in [0.25, 0.3) is 0 Å². The first-order valence-electron chi connectivity index (χ1n) is 6.01. The van der Waals surface area contributed by atoms with Gasteiger partial charge in [0.1, 0.15) is 0 Å². The second-order valence-corrected chi connectivity index (χ2v) is 4.07. The molecule has 0 aromatic heterocycles. The minimum atomic E-state index is 0.0746. The van der Waals surface area contributed by atoms with E-state index in [-0.39, 0.29) is 6.03 Å². The van der Waals surface area contributed by atoms with Crippen LogP contribution >= 0.6 is 0 Å². The molecule has 15 heavy (non-hydrogen) atoms. The Morgan fingerprint density at radius 2 is 2.20 bits per heavy atom. The number of amides is 2. The summed E-state index contributed by atoms with van der Waals surface area (Å²) >= 11 is 0. The minimum Gasteiger partial charge on any atom is -0.338 e. The molecule has 0 aromatic carbocycles. The minimum absolute atomic E-state index is 0.0746. The van der Waals surface area contributed by atoms with Gasteiger partial charge in [-0.3, -0.25) is 0 Å². The zero-order valence-electron chi connectivity index (χ0n) is 9.88. The number of carbonyl (C=O) groups is 1. The van der Waals surface area contributed by atoms with E-state index < -0.39 is 0 Å². The fraction of sp³-hybridized carbons (Fsp3) is 0.909. The Hall–Kier alpha value is -0.770. The Morgan fingerprint density at radius 1 is 1.47 bits per heavy atom. The van der Waals surface area contributed by atoms with Crippen molar-refractivity contribution in [3.63, 3.8) is 0 Å². The average molecular weight is 213 g/mol. The quantitative estimate of drug-likeness (QED) is 0.733. The maximum absolute atomic E-state index is 11.6. The Kier molecular flexibility index (Phi) is 5.47. The molecule has 1 rings (SSSR count). The highest BCUT2D eigenvalue weighted by Gasteiger charge is 2.15. The lowest BCUT2D eigenvalue weighted by Crippen LogP contribution is -2.44. The maximum Gasteiger partial charge on any atom is 0.317 e. The third-order valence-electron chi connectivity index (χ3n) is 2.99. The van der Waals surface area contributed by atoms with Crippen molar-refractivity contribution in [1.82, 2.24) is 15.5 Å². The van der Waals surface area contributed by atoms with Crippen molar-refractivity contribution in [3.8, 4) is 0 Å². The summed E-state index contributed by atoms with van der Waals surface area (Å²) in [5, 5.41) is 6.35. The molecule has 0 spiro atoms. The van der Waals surface area contributed by atoms with Crippen LogP contribution in [-0.2, 0) is 0 Å². The number of nitrogens with zero attached hydrogens (tertiary/aromatic N) is 1. The van der Waals surface area contributed by atoms with E-state index in [2.05, 4.69) is 10.6 Å². The second kappa shape index (κ2) is 6.67. The first-order valence-corrected chi connectivity index (χ1v) is 6.01. The zero-order valence-corrected chi connectivity index (χ0v) is 9.88. The molecule has 1 saturated heterocycles. The largest absolute Gasteiger partial charge is 0.338 e. The van der Waals surface area contributed by atoms with Crippen molar-refractivity contribution in [2.75, 3.05) is 32.7 Å². The number of urea groups is 1. The summed E-state index contributed by atoms with van der Waals surface area (Å²) in [4.78, 5) is 13.5. The zero-order chi connectivity index (χ0) is 11.1. The molecule has 1 unspecified atom stereocenters. The summed E-state index contributed by atoms with van der Waals surface area (Å²) in [6.07, 6.45) is 2.46. The molecule has 0 radical (unpaired) electrons. The summed E-state index contributed by atoms with van der Waals surface area (Å²) < 4.78 is 0. The highest BCUT2D eigenvalue weighted by molar-refractivity contribution is 5.74. The van der Waals surface area contributed by atoms with E-state index in [0.29, 0.717) is 5.92 Å². The summed E-state index contributed by atoms with van der Waals surface area (Å²) in [5.74, 6) is 0.610. The normalized spacial score (nSPS) is 21.1. The van der Waals surface area contributed by atoms with Crippen molar-refractivity contribution in [1.29, 1.82) is 0 Å².